The van der Waals surface area contributed by atoms with Crippen LogP contribution in [0.5, 0.6) is 0 Å². The fraction of sp³-hybridized carbons (Fsp3) is 0.389. The van der Waals surface area contributed by atoms with E-state index in [0.29, 0.717) is 22.4 Å². The lowest BCUT2D eigenvalue weighted by Crippen LogP contribution is -2.39. The molecule has 0 spiro atoms. The van der Waals surface area contributed by atoms with Gasteiger partial charge in [0.15, 0.2) is 0 Å². The Morgan fingerprint density at radius 1 is 1.39 bits per heavy atom. The van der Waals surface area contributed by atoms with Crippen molar-refractivity contribution in [2.24, 2.45) is 5.92 Å². The second-order valence-electron chi connectivity index (χ2n) is 5.80. The second kappa shape index (κ2) is 7.47. The van der Waals surface area contributed by atoms with Crippen LogP contribution in [0.25, 0.3) is 10.1 Å². The number of amides is 1. The third-order valence-electron chi connectivity index (χ3n) is 4.22. The molecule has 0 unspecified atom stereocenters. The van der Waals surface area contributed by atoms with Crippen molar-refractivity contribution in [2.45, 2.75) is 12.8 Å². The number of carbonyl (C=O) groups is 1. The minimum Gasteiger partial charge on any atom is -0.377 e. The maximum absolute atomic E-state index is 12.8. The zero-order valence-electron chi connectivity index (χ0n) is 13.0. The Labute approximate surface area is 145 Å². The Balaban J connectivity index is 1.65. The number of carbonyl (C=O) groups excluding carboxylic acids is 1. The summed E-state index contributed by atoms with van der Waals surface area (Å²) in [7, 11) is 0. The van der Waals surface area contributed by atoms with E-state index in [1.165, 1.54) is 11.3 Å². The summed E-state index contributed by atoms with van der Waals surface area (Å²) in [6, 6.07) is 7.89. The van der Waals surface area contributed by atoms with E-state index < -0.39 is 0 Å². The summed E-state index contributed by atoms with van der Waals surface area (Å²) in [5.74, 6) is 0.582. The van der Waals surface area contributed by atoms with Crippen molar-refractivity contribution in [3.8, 4) is 0 Å². The Hall–Kier alpha value is -1.36. The maximum atomic E-state index is 12.8. The number of rotatable bonds is 5. The van der Waals surface area contributed by atoms with Crippen LogP contribution in [0, 0.1) is 5.92 Å². The van der Waals surface area contributed by atoms with E-state index in [-0.39, 0.29) is 5.91 Å². The number of thiophene rings is 1. The summed E-state index contributed by atoms with van der Waals surface area (Å²) in [6.07, 6.45) is 3.72. The average Bonchev–Trinajstić information content (AvgIpc) is 2.92. The average molecular weight is 350 g/mol. The Morgan fingerprint density at radius 3 is 2.83 bits per heavy atom. The van der Waals surface area contributed by atoms with E-state index in [2.05, 4.69) is 6.58 Å². The Morgan fingerprint density at radius 2 is 2.13 bits per heavy atom. The molecule has 3 rings (SSSR count). The molecule has 1 aliphatic heterocycles. The van der Waals surface area contributed by atoms with Crippen LogP contribution >= 0.6 is 22.9 Å². The molecule has 0 aliphatic carbocycles. The van der Waals surface area contributed by atoms with Crippen LogP contribution in [0.3, 0.4) is 0 Å². The molecule has 1 fully saturated rings. The van der Waals surface area contributed by atoms with Crippen molar-refractivity contribution in [2.75, 3.05) is 26.3 Å². The summed E-state index contributed by atoms with van der Waals surface area (Å²) in [5, 5.41) is 1.56. The van der Waals surface area contributed by atoms with E-state index in [0.717, 1.165) is 42.6 Å². The molecule has 1 aromatic heterocycles. The van der Waals surface area contributed by atoms with Crippen LogP contribution in [0.1, 0.15) is 22.5 Å². The van der Waals surface area contributed by atoms with Crippen molar-refractivity contribution in [3.63, 3.8) is 0 Å². The molecular weight excluding hydrogens is 330 g/mol. The quantitative estimate of drug-likeness (QED) is 0.582. The molecule has 1 aliphatic rings. The standard InChI is InChI=1S/C18H20ClNO2S/c1-2-11-22-12-13-7-9-20(10-8-13)18(21)17-16(19)14-5-3-4-6-15(14)23-17/h2-6,13H,1,7-12H2. The van der Waals surface area contributed by atoms with Crippen molar-refractivity contribution in [1.82, 2.24) is 4.90 Å². The third-order valence-corrected chi connectivity index (χ3v) is 5.88. The number of ether oxygens (including phenoxy) is 1. The molecule has 0 radical (unpaired) electrons. The lowest BCUT2D eigenvalue weighted by molar-refractivity contribution is 0.0580. The topological polar surface area (TPSA) is 29.5 Å². The molecule has 1 aromatic carbocycles. The van der Waals surface area contributed by atoms with E-state index in [1.807, 2.05) is 29.2 Å². The van der Waals surface area contributed by atoms with Crippen LogP contribution in [0.15, 0.2) is 36.9 Å². The van der Waals surface area contributed by atoms with Gasteiger partial charge in [-0.05, 0) is 24.8 Å². The van der Waals surface area contributed by atoms with Crippen LogP contribution in [0.2, 0.25) is 5.02 Å². The molecule has 1 saturated heterocycles. The number of piperidine rings is 1. The smallest absolute Gasteiger partial charge is 0.265 e. The predicted molar refractivity (Wildman–Crippen MR) is 96.5 cm³/mol. The van der Waals surface area contributed by atoms with Crippen molar-refractivity contribution < 1.29 is 9.53 Å². The summed E-state index contributed by atoms with van der Waals surface area (Å²) in [6.45, 7) is 6.53. The van der Waals surface area contributed by atoms with Gasteiger partial charge in [0.2, 0.25) is 0 Å². The maximum Gasteiger partial charge on any atom is 0.265 e. The van der Waals surface area contributed by atoms with Gasteiger partial charge >= 0.3 is 0 Å². The molecule has 0 atom stereocenters. The lowest BCUT2D eigenvalue weighted by atomic mass is 9.97. The highest BCUT2D eigenvalue weighted by Crippen LogP contribution is 2.36. The van der Waals surface area contributed by atoms with E-state index in [4.69, 9.17) is 16.3 Å². The van der Waals surface area contributed by atoms with Gasteiger partial charge in [0.1, 0.15) is 4.88 Å². The molecule has 3 nitrogen and oxygen atoms in total. The number of fused-ring (bicyclic) bond motifs is 1. The normalized spacial score (nSPS) is 16.0. The minimum absolute atomic E-state index is 0.0571. The first-order valence-corrected chi connectivity index (χ1v) is 9.05. The largest absolute Gasteiger partial charge is 0.377 e. The first kappa shape index (κ1) is 16.5. The first-order valence-electron chi connectivity index (χ1n) is 7.85. The molecule has 122 valence electrons. The van der Waals surface area contributed by atoms with Gasteiger partial charge < -0.3 is 9.64 Å². The zero-order chi connectivity index (χ0) is 16.2. The van der Waals surface area contributed by atoms with Gasteiger partial charge in [-0.1, -0.05) is 35.9 Å². The van der Waals surface area contributed by atoms with Crippen LogP contribution in [-0.2, 0) is 4.74 Å². The van der Waals surface area contributed by atoms with Gasteiger partial charge in [-0.15, -0.1) is 17.9 Å². The second-order valence-corrected chi connectivity index (χ2v) is 7.23. The van der Waals surface area contributed by atoms with Crippen molar-refractivity contribution in [3.05, 3.63) is 46.8 Å². The van der Waals surface area contributed by atoms with Gasteiger partial charge in [-0.3, -0.25) is 4.79 Å². The molecule has 2 aromatic rings. The summed E-state index contributed by atoms with van der Waals surface area (Å²) in [4.78, 5) is 15.3. The van der Waals surface area contributed by atoms with Gasteiger partial charge in [0.25, 0.3) is 5.91 Å². The van der Waals surface area contributed by atoms with E-state index in [1.54, 1.807) is 6.08 Å². The third kappa shape index (κ3) is 3.60. The van der Waals surface area contributed by atoms with Crippen molar-refractivity contribution >= 4 is 38.9 Å². The summed E-state index contributed by atoms with van der Waals surface area (Å²) in [5.41, 5.74) is 0. The Kier molecular flexibility index (Phi) is 5.36. The molecule has 0 bridgehead atoms. The SMILES string of the molecule is C=CCOCC1CCN(C(=O)c2sc3ccccc3c2Cl)CC1. The highest BCUT2D eigenvalue weighted by Gasteiger charge is 2.26. The Bertz CT molecular complexity index is 704. The van der Waals surface area contributed by atoms with E-state index >= 15 is 0 Å². The molecule has 5 heteroatoms. The lowest BCUT2D eigenvalue weighted by Gasteiger charge is -2.31. The van der Waals surface area contributed by atoms with Gasteiger partial charge in [-0.2, -0.15) is 0 Å². The number of likely N-dealkylation sites (tertiary alicyclic amines) is 1. The van der Waals surface area contributed by atoms with E-state index in [9.17, 15) is 4.79 Å². The summed E-state index contributed by atoms with van der Waals surface area (Å²) >= 11 is 7.90. The van der Waals surface area contributed by atoms with Crippen LogP contribution in [0.4, 0.5) is 0 Å². The molecular formula is C18H20ClNO2S. The monoisotopic (exact) mass is 349 g/mol. The number of halogens is 1. The molecule has 2 heterocycles. The number of hydrogen-bond acceptors (Lipinski definition) is 3. The minimum atomic E-state index is 0.0571. The van der Waals surface area contributed by atoms with Gasteiger partial charge in [-0.25, -0.2) is 0 Å². The highest BCUT2D eigenvalue weighted by atomic mass is 35.5. The van der Waals surface area contributed by atoms with Crippen molar-refractivity contribution in [1.29, 1.82) is 0 Å². The first-order chi connectivity index (χ1) is 11.2. The molecule has 0 saturated carbocycles. The van der Waals surface area contributed by atoms with Gasteiger partial charge in [0.05, 0.1) is 11.6 Å². The molecule has 1 amide bonds. The van der Waals surface area contributed by atoms with Crippen LogP contribution < -0.4 is 0 Å². The van der Waals surface area contributed by atoms with Crippen LogP contribution in [-0.4, -0.2) is 37.1 Å². The number of benzene rings is 1. The fourth-order valence-electron chi connectivity index (χ4n) is 2.92. The molecule has 23 heavy (non-hydrogen) atoms. The zero-order valence-corrected chi connectivity index (χ0v) is 14.5. The van der Waals surface area contributed by atoms with Gasteiger partial charge in [0, 0.05) is 29.8 Å². The highest BCUT2D eigenvalue weighted by molar-refractivity contribution is 7.21. The molecule has 0 N–H and O–H groups in total. The number of nitrogens with zero attached hydrogens (tertiary/aromatic N) is 1. The summed E-state index contributed by atoms with van der Waals surface area (Å²) < 4.78 is 6.58. The number of hydrogen-bond donors (Lipinski definition) is 0. The predicted octanol–water partition coefficient (Wildman–Crippen LogP) is 4.61. The fourth-order valence-corrected chi connectivity index (χ4v) is 4.40.